The highest BCUT2D eigenvalue weighted by Gasteiger charge is 2.00. The predicted octanol–water partition coefficient (Wildman–Crippen LogP) is 1.43. The first-order chi connectivity index (χ1) is 5.79. The van der Waals surface area contributed by atoms with Crippen LogP contribution < -0.4 is 0 Å². The summed E-state index contributed by atoms with van der Waals surface area (Å²) in [6.07, 6.45) is 2.89. The molecule has 0 N–H and O–H groups in total. The number of nitrogens with zero attached hydrogens (tertiary/aromatic N) is 4. The molecular weight excluding hydrogens is 152 g/mol. The van der Waals surface area contributed by atoms with E-state index < -0.39 is 0 Å². The summed E-state index contributed by atoms with van der Waals surface area (Å²) in [5.41, 5.74) is 0.0798. The average molecular weight is 160 g/mol. The molecule has 0 heterocycles. The number of rotatable bonds is 2. The molecule has 0 amide bonds. The van der Waals surface area contributed by atoms with Crippen LogP contribution in [0.1, 0.15) is 13.8 Å². The molecule has 0 aliphatic heterocycles. The van der Waals surface area contributed by atoms with Gasteiger partial charge in [-0.15, -0.1) is 0 Å². The fraction of sp³-hybridized carbons (Fsp3) is 0.250. The summed E-state index contributed by atoms with van der Waals surface area (Å²) in [6.45, 7) is 3.34. The predicted molar refractivity (Wildman–Crippen MR) is 46.6 cm³/mol. The Morgan fingerprint density at radius 3 is 1.50 bits per heavy atom. The van der Waals surface area contributed by atoms with Crippen molar-refractivity contribution in [1.29, 1.82) is 10.5 Å². The number of nitriles is 2. The van der Waals surface area contributed by atoms with Crippen LogP contribution in [0.3, 0.4) is 0 Å². The van der Waals surface area contributed by atoms with Gasteiger partial charge in [-0.1, -0.05) is 0 Å². The van der Waals surface area contributed by atoms with Crippen LogP contribution in [0, 0.1) is 22.7 Å². The molecule has 0 atom stereocenters. The van der Waals surface area contributed by atoms with Crippen LogP contribution in [0.15, 0.2) is 21.4 Å². The van der Waals surface area contributed by atoms with Crippen molar-refractivity contribution in [3.05, 3.63) is 11.4 Å². The molecule has 12 heavy (non-hydrogen) atoms. The van der Waals surface area contributed by atoms with Crippen LogP contribution in [0.25, 0.3) is 0 Å². The summed E-state index contributed by atoms with van der Waals surface area (Å²) in [5, 5.41) is 17.1. The Labute approximate surface area is 71.2 Å². The van der Waals surface area contributed by atoms with Gasteiger partial charge in [-0.2, -0.15) is 10.5 Å². The van der Waals surface area contributed by atoms with E-state index in [1.165, 1.54) is 12.4 Å². The molecule has 0 rings (SSSR count). The van der Waals surface area contributed by atoms with Gasteiger partial charge in [0.2, 0.25) is 0 Å². The third-order valence-electron chi connectivity index (χ3n) is 0.953. The van der Waals surface area contributed by atoms with Gasteiger partial charge in [-0.05, 0) is 13.8 Å². The Morgan fingerprint density at radius 1 is 1.00 bits per heavy atom. The van der Waals surface area contributed by atoms with E-state index in [2.05, 4.69) is 9.98 Å². The maximum absolute atomic E-state index is 8.54. The number of hydrogen-bond donors (Lipinski definition) is 0. The Bertz CT molecular complexity index is 277. The molecule has 0 aliphatic carbocycles. The molecule has 4 heteroatoms. The van der Waals surface area contributed by atoms with Gasteiger partial charge >= 0.3 is 0 Å². The minimum Gasteiger partial charge on any atom is -0.247 e. The molecular formula is C8H8N4. The first-order valence-corrected chi connectivity index (χ1v) is 3.32. The molecule has 0 aromatic rings. The highest BCUT2D eigenvalue weighted by atomic mass is 14.8. The molecule has 0 spiro atoms. The van der Waals surface area contributed by atoms with E-state index in [0.717, 1.165) is 0 Å². The summed E-state index contributed by atoms with van der Waals surface area (Å²) >= 11 is 0. The molecule has 0 aromatic heterocycles. The lowest BCUT2D eigenvalue weighted by molar-refractivity contribution is 1.27. The van der Waals surface area contributed by atoms with Crippen LogP contribution in [-0.4, -0.2) is 12.4 Å². The van der Waals surface area contributed by atoms with Crippen LogP contribution in [0.2, 0.25) is 0 Å². The molecule has 0 saturated carbocycles. The fourth-order valence-corrected chi connectivity index (χ4v) is 0.544. The van der Waals surface area contributed by atoms with Crippen molar-refractivity contribution in [3.8, 4) is 12.1 Å². The Balaban J connectivity index is 5.08. The normalized spacial score (nSPS) is 12.7. The zero-order valence-corrected chi connectivity index (χ0v) is 6.94. The van der Waals surface area contributed by atoms with E-state index in [1.807, 2.05) is 0 Å². The molecule has 0 radical (unpaired) electrons. The van der Waals surface area contributed by atoms with E-state index >= 15 is 0 Å². The monoisotopic (exact) mass is 160 g/mol. The molecule has 0 saturated heterocycles. The van der Waals surface area contributed by atoms with Crippen molar-refractivity contribution in [2.75, 3.05) is 0 Å². The standard InChI is InChI=1S/C8H8N4/c1-3-11-7(5-9)8(6-10)12-4-2/h3-4H,1-2H3. The molecule has 4 nitrogen and oxygen atoms in total. The summed E-state index contributed by atoms with van der Waals surface area (Å²) in [4.78, 5) is 7.38. The summed E-state index contributed by atoms with van der Waals surface area (Å²) in [5.74, 6) is 0. The lowest BCUT2D eigenvalue weighted by Gasteiger charge is -1.88. The van der Waals surface area contributed by atoms with Crippen molar-refractivity contribution in [2.45, 2.75) is 13.8 Å². The SMILES string of the molecule is CC=NC(C#N)=C(C#N)N=CC. The average Bonchev–Trinajstić information content (AvgIpc) is 2.11. The molecule has 0 aliphatic rings. The van der Waals surface area contributed by atoms with E-state index in [0.29, 0.717) is 0 Å². The highest BCUT2D eigenvalue weighted by Crippen LogP contribution is 2.04. The zero-order chi connectivity index (χ0) is 9.40. The lowest BCUT2D eigenvalue weighted by Crippen LogP contribution is -1.82. The second-order valence-corrected chi connectivity index (χ2v) is 1.70. The topological polar surface area (TPSA) is 72.3 Å². The number of allylic oxidation sites excluding steroid dienone is 2. The van der Waals surface area contributed by atoms with Crippen LogP contribution in [0.5, 0.6) is 0 Å². The van der Waals surface area contributed by atoms with Crippen LogP contribution in [-0.2, 0) is 0 Å². The third-order valence-corrected chi connectivity index (χ3v) is 0.953. The van der Waals surface area contributed by atoms with Gasteiger partial charge in [0.05, 0.1) is 0 Å². The summed E-state index contributed by atoms with van der Waals surface area (Å²) < 4.78 is 0. The quantitative estimate of drug-likeness (QED) is 0.452. The van der Waals surface area contributed by atoms with E-state index in [1.54, 1.807) is 26.0 Å². The van der Waals surface area contributed by atoms with Crippen LogP contribution >= 0.6 is 0 Å². The molecule has 0 bridgehead atoms. The third kappa shape index (κ3) is 2.76. The van der Waals surface area contributed by atoms with E-state index in [9.17, 15) is 0 Å². The van der Waals surface area contributed by atoms with Gasteiger partial charge in [0.1, 0.15) is 12.1 Å². The van der Waals surface area contributed by atoms with Gasteiger partial charge in [0.25, 0.3) is 0 Å². The van der Waals surface area contributed by atoms with Crippen molar-refractivity contribution < 1.29 is 0 Å². The Hall–Kier alpha value is -1.94. The van der Waals surface area contributed by atoms with Gasteiger partial charge < -0.3 is 0 Å². The van der Waals surface area contributed by atoms with Gasteiger partial charge in [-0.25, -0.2) is 9.98 Å². The van der Waals surface area contributed by atoms with Crippen molar-refractivity contribution in [2.24, 2.45) is 9.98 Å². The highest BCUT2D eigenvalue weighted by molar-refractivity contribution is 5.60. The van der Waals surface area contributed by atoms with Gasteiger partial charge in [0, 0.05) is 12.4 Å². The molecule has 60 valence electrons. The van der Waals surface area contributed by atoms with Crippen LogP contribution in [0.4, 0.5) is 0 Å². The molecule has 0 fully saturated rings. The van der Waals surface area contributed by atoms with Gasteiger partial charge in [-0.3, -0.25) is 0 Å². The number of hydrogen-bond acceptors (Lipinski definition) is 4. The second kappa shape index (κ2) is 5.82. The molecule has 0 aromatic carbocycles. The first-order valence-electron chi connectivity index (χ1n) is 3.32. The molecule has 0 unspecified atom stereocenters. The fourth-order valence-electron chi connectivity index (χ4n) is 0.544. The maximum Gasteiger partial charge on any atom is 0.176 e. The Kier molecular flexibility index (Phi) is 4.88. The van der Waals surface area contributed by atoms with Crippen molar-refractivity contribution >= 4 is 12.4 Å². The lowest BCUT2D eigenvalue weighted by atomic mass is 10.4. The zero-order valence-electron chi connectivity index (χ0n) is 6.94. The van der Waals surface area contributed by atoms with Gasteiger partial charge in [0.15, 0.2) is 11.4 Å². The van der Waals surface area contributed by atoms with E-state index in [4.69, 9.17) is 10.5 Å². The second-order valence-electron chi connectivity index (χ2n) is 1.70. The van der Waals surface area contributed by atoms with E-state index in [-0.39, 0.29) is 11.4 Å². The summed E-state index contributed by atoms with van der Waals surface area (Å²) in [7, 11) is 0. The minimum atomic E-state index is 0.0399. The first kappa shape index (κ1) is 10.1. The minimum absolute atomic E-state index is 0.0399. The smallest absolute Gasteiger partial charge is 0.176 e. The Morgan fingerprint density at radius 2 is 1.33 bits per heavy atom. The van der Waals surface area contributed by atoms with Crippen molar-refractivity contribution in [3.63, 3.8) is 0 Å². The summed E-state index contributed by atoms with van der Waals surface area (Å²) in [6, 6.07) is 3.57. The largest absolute Gasteiger partial charge is 0.247 e. The number of aliphatic imine (C=N–C) groups is 2. The maximum atomic E-state index is 8.54. The van der Waals surface area contributed by atoms with Crippen molar-refractivity contribution in [1.82, 2.24) is 0 Å².